The molecular formula is C13H17NO2S. The van der Waals surface area contributed by atoms with Gasteiger partial charge in [-0.2, -0.15) is 4.31 Å². The molecule has 1 heterocycles. The zero-order valence-electron chi connectivity index (χ0n) is 10.2. The molecule has 0 radical (unpaired) electrons. The molecule has 0 spiro atoms. The van der Waals surface area contributed by atoms with Crippen molar-refractivity contribution >= 4 is 15.6 Å². The van der Waals surface area contributed by atoms with Crippen LogP contribution in [0.15, 0.2) is 30.3 Å². The number of rotatable bonds is 2. The molecule has 1 aliphatic heterocycles. The summed E-state index contributed by atoms with van der Waals surface area (Å²) in [5.74, 6) is 0. The lowest BCUT2D eigenvalue weighted by Crippen LogP contribution is -2.33. The van der Waals surface area contributed by atoms with E-state index in [1.54, 1.807) is 0 Å². The van der Waals surface area contributed by atoms with Crippen molar-refractivity contribution in [1.29, 1.82) is 0 Å². The minimum absolute atomic E-state index is 0.488. The van der Waals surface area contributed by atoms with Gasteiger partial charge in [-0.1, -0.05) is 35.9 Å². The molecule has 4 heteroatoms. The van der Waals surface area contributed by atoms with E-state index in [0.717, 1.165) is 6.42 Å². The summed E-state index contributed by atoms with van der Waals surface area (Å²) in [6, 6.07) is 8.32. The third-order valence-electron chi connectivity index (χ3n) is 3.03. The van der Waals surface area contributed by atoms with Crippen LogP contribution in [0.4, 0.5) is 0 Å². The average molecular weight is 251 g/mol. The summed E-state index contributed by atoms with van der Waals surface area (Å²) in [5, 5.41) is 0. The third-order valence-corrected chi connectivity index (χ3v) is 4.30. The second-order valence-electron chi connectivity index (χ2n) is 4.47. The molecule has 92 valence electrons. The molecule has 0 saturated carbocycles. The molecule has 1 aromatic rings. The van der Waals surface area contributed by atoms with Crippen LogP contribution in [-0.4, -0.2) is 32.1 Å². The van der Waals surface area contributed by atoms with Crippen LogP contribution in [-0.2, 0) is 10.0 Å². The first-order valence-corrected chi connectivity index (χ1v) is 7.53. The maximum atomic E-state index is 11.4. The van der Waals surface area contributed by atoms with E-state index in [2.05, 4.69) is 25.1 Å². The Hall–Kier alpha value is -1.13. The first-order chi connectivity index (χ1) is 7.97. The minimum Gasteiger partial charge on any atom is -0.212 e. The maximum Gasteiger partial charge on any atom is 0.211 e. The zero-order valence-corrected chi connectivity index (χ0v) is 11.0. The molecule has 0 saturated heterocycles. The summed E-state index contributed by atoms with van der Waals surface area (Å²) in [6.45, 7) is 3.14. The highest BCUT2D eigenvalue weighted by molar-refractivity contribution is 7.88. The van der Waals surface area contributed by atoms with Crippen molar-refractivity contribution < 1.29 is 8.42 Å². The molecule has 1 aromatic carbocycles. The van der Waals surface area contributed by atoms with E-state index in [-0.39, 0.29) is 0 Å². The molecule has 0 fully saturated rings. The van der Waals surface area contributed by atoms with Crippen LogP contribution in [0.2, 0.25) is 0 Å². The van der Waals surface area contributed by atoms with Crippen LogP contribution in [0.5, 0.6) is 0 Å². The summed E-state index contributed by atoms with van der Waals surface area (Å²) >= 11 is 0. The standard InChI is InChI=1S/C13H17NO2S/c1-11-4-3-5-13(10-11)12-6-8-14(9-7-12)17(2,15)16/h3-6,10H,7-9H2,1-2H3. The van der Waals surface area contributed by atoms with Gasteiger partial charge in [-0.15, -0.1) is 0 Å². The molecule has 0 amide bonds. The third kappa shape index (κ3) is 2.96. The van der Waals surface area contributed by atoms with Gasteiger partial charge in [0.25, 0.3) is 0 Å². The molecule has 0 aliphatic carbocycles. The Morgan fingerprint density at radius 3 is 2.59 bits per heavy atom. The highest BCUT2D eigenvalue weighted by Crippen LogP contribution is 2.23. The Kier molecular flexibility index (Phi) is 3.35. The van der Waals surface area contributed by atoms with Gasteiger partial charge >= 0.3 is 0 Å². The Morgan fingerprint density at radius 1 is 1.29 bits per heavy atom. The largest absolute Gasteiger partial charge is 0.212 e. The van der Waals surface area contributed by atoms with Crippen molar-refractivity contribution in [3.63, 3.8) is 0 Å². The summed E-state index contributed by atoms with van der Waals surface area (Å²) in [7, 11) is -3.05. The summed E-state index contributed by atoms with van der Waals surface area (Å²) in [4.78, 5) is 0. The van der Waals surface area contributed by atoms with Gasteiger partial charge in [-0.05, 0) is 24.5 Å². The second-order valence-corrected chi connectivity index (χ2v) is 6.45. The number of aryl methyl sites for hydroxylation is 1. The highest BCUT2D eigenvalue weighted by atomic mass is 32.2. The molecule has 3 nitrogen and oxygen atoms in total. The Morgan fingerprint density at radius 2 is 2.06 bits per heavy atom. The van der Waals surface area contributed by atoms with Crippen molar-refractivity contribution in [1.82, 2.24) is 4.31 Å². The lowest BCUT2D eigenvalue weighted by Gasteiger charge is -2.24. The molecule has 1 aliphatic rings. The number of hydrogen-bond acceptors (Lipinski definition) is 2. The highest BCUT2D eigenvalue weighted by Gasteiger charge is 2.19. The van der Waals surface area contributed by atoms with E-state index in [1.807, 2.05) is 12.1 Å². The number of nitrogens with zero attached hydrogens (tertiary/aromatic N) is 1. The number of benzene rings is 1. The van der Waals surface area contributed by atoms with Crippen LogP contribution in [0.25, 0.3) is 5.57 Å². The molecule has 0 bridgehead atoms. The fraction of sp³-hybridized carbons (Fsp3) is 0.385. The Bertz CT molecular complexity index is 546. The predicted molar refractivity (Wildman–Crippen MR) is 70.2 cm³/mol. The predicted octanol–water partition coefficient (Wildman–Crippen LogP) is 2.04. The lowest BCUT2D eigenvalue weighted by atomic mass is 9.99. The zero-order chi connectivity index (χ0) is 12.5. The van der Waals surface area contributed by atoms with Crippen LogP contribution in [0, 0.1) is 6.92 Å². The van der Waals surface area contributed by atoms with Crippen LogP contribution in [0.3, 0.4) is 0 Å². The number of sulfonamides is 1. The van der Waals surface area contributed by atoms with E-state index in [1.165, 1.54) is 27.3 Å². The first-order valence-electron chi connectivity index (χ1n) is 5.68. The average Bonchev–Trinajstić information content (AvgIpc) is 2.28. The summed E-state index contributed by atoms with van der Waals surface area (Å²) in [6.07, 6.45) is 4.06. The number of hydrogen-bond donors (Lipinski definition) is 0. The van der Waals surface area contributed by atoms with Crippen LogP contribution in [0.1, 0.15) is 17.5 Å². The Labute approximate surface area is 103 Å². The topological polar surface area (TPSA) is 37.4 Å². The monoisotopic (exact) mass is 251 g/mol. The summed E-state index contributed by atoms with van der Waals surface area (Å²) in [5.41, 5.74) is 3.68. The van der Waals surface area contributed by atoms with Crippen molar-refractivity contribution in [2.24, 2.45) is 0 Å². The normalized spacial score (nSPS) is 17.9. The fourth-order valence-corrected chi connectivity index (χ4v) is 2.83. The quantitative estimate of drug-likeness (QED) is 0.806. The van der Waals surface area contributed by atoms with E-state index in [9.17, 15) is 8.42 Å². The second kappa shape index (κ2) is 4.63. The van der Waals surface area contributed by atoms with Gasteiger partial charge in [0.2, 0.25) is 10.0 Å². The van der Waals surface area contributed by atoms with Gasteiger partial charge in [0.15, 0.2) is 0 Å². The van der Waals surface area contributed by atoms with Crippen molar-refractivity contribution in [2.75, 3.05) is 19.3 Å². The molecule has 0 unspecified atom stereocenters. The van der Waals surface area contributed by atoms with Crippen molar-refractivity contribution in [3.8, 4) is 0 Å². The van der Waals surface area contributed by atoms with E-state index >= 15 is 0 Å². The van der Waals surface area contributed by atoms with Gasteiger partial charge in [0.1, 0.15) is 0 Å². The molecule has 0 aromatic heterocycles. The fourth-order valence-electron chi connectivity index (χ4n) is 2.06. The molecule has 17 heavy (non-hydrogen) atoms. The van der Waals surface area contributed by atoms with Crippen LogP contribution < -0.4 is 0 Å². The van der Waals surface area contributed by atoms with E-state index in [0.29, 0.717) is 13.1 Å². The molecule has 0 atom stereocenters. The lowest BCUT2D eigenvalue weighted by molar-refractivity contribution is 0.446. The maximum absolute atomic E-state index is 11.4. The minimum atomic E-state index is -3.05. The van der Waals surface area contributed by atoms with E-state index < -0.39 is 10.0 Å². The van der Waals surface area contributed by atoms with Gasteiger partial charge in [-0.25, -0.2) is 8.42 Å². The molecule has 0 N–H and O–H groups in total. The van der Waals surface area contributed by atoms with E-state index in [4.69, 9.17) is 0 Å². The van der Waals surface area contributed by atoms with Crippen molar-refractivity contribution in [2.45, 2.75) is 13.3 Å². The summed E-state index contributed by atoms with van der Waals surface area (Å²) < 4.78 is 24.3. The van der Waals surface area contributed by atoms with Gasteiger partial charge in [0.05, 0.1) is 6.26 Å². The van der Waals surface area contributed by atoms with Crippen LogP contribution >= 0.6 is 0 Å². The van der Waals surface area contributed by atoms with Gasteiger partial charge < -0.3 is 0 Å². The van der Waals surface area contributed by atoms with Gasteiger partial charge in [0, 0.05) is 13.1 Å². The van der Waals surface area contributed by atoms with Crippen molar-refractivity contribution in [3.05, 3.63) is 41.5 Å². The van der Waals surface area contributed by atoms with Gasteiger partial charge in [-0.3, -0.25) is 0 Å². The smallest absolute Gasteiger partial charge is 0.211 e. The Balaban J connectivity index is 2.19. The molecule has 2 rings (SSSR count). The molecular weight excluding hydrogens is 234 g/mol. The first kappa shape index (κ1) is 12.3. The SMILES string of the molecule is Cc1cccc(C2=CCN(S(C)(=O)=O)CC2)c1.